The summed E-state index contributed by atoms with van der Waals surface area (Å²) in [6.07, 6.45) is 0. The van der Waals surface area contributed by atoms with Gasteiger partial charge in [0.25, 0.3) is 15.9 Å². The molecule has 24 heavy (non-hydrogen) atoms. The minimum Gasteiger partial charge on any atom is -0.497 e. The highest BCUT2D eigenvalue weighted by molar-refractivity contribution is 7.90. The van der Waals surface area contributed by atoms with Crippen molar-refractivity contribution in [2.75, 3.05) is 13.7 Å². The first-order valence-corrected chi connectivity index (χ1v) is 8.07. The van der Waals surface area contributed by atoms with Gasteiger partial charge in [-0.05, 0) is 30.3 Å². The van der Waals surface area contributed by atoms with E-state index < -0.39 is 39.1 Å². The summed E-state index contributed by atoms with van der Waals surface area (Å²) >= 11 is 0. The summed E-state index contributed by atoms with van der Waals surface area (Å²) in [7, 11) is -3.10. The van der Waals surface area contributed by atoms with E-state index in [1.54, 1.807) is 16.9 Å². The number of amides is 1. The average molecular weight is 357 g/mol. The molecule has 1 N–H and O–H groups in total. The molecule has 0 aliphatic rings. The predicted molar refractivity (Wildman–Crippen MR) is 80.2 cm³/mol. The lowest BCUT2D eigenvalue weighted by Gasteiger charge is -2.10. The third-order valence-electron chi connectivity index (χ3n) is 2.84. The molecule has 0 unspecified atom stereocenters. The van der Waals surface area contributed by atoms with Crippen molar-refractivity contribution in [1.82, 2.24) is 4.72 Å². The second kappa shape index (κ2) is 7.26. The summed E-state index contributed by atoms with van der Waals surface area (Å²) < 4.78 is 62.1. The Bertz CT molecular complexity index is 855. The molecular weight excluding hydrogens is 344 g/mol. The number of nitrogens with one attached hydrogen (secondary N) is 1. The van der Waals surface area contributed by atoms with Crippen LogP contribution in [0.15, 0.2) is 47.4 Å². The number of sulfonamides is 1. The quantitative estimate of drug-likeness (QED) is 0.853. The van der Waals surface area contributed by atoms with E-state index in [0.717, 1.165) is 6.07 Å². The molecule has 128 valence electrons. The van der Waals surface area contributed by atoms with Gasteiger partial charge in [-0.15, -0.1) is 0 Å². The maximum atomic E-state index is 13.5. The molecule has 0 saturated carbocycles. The molecule has 0 spiro atoms. The van der Waals surface area contributed by atoms with Crippen LogP contribution in [-0.2, 0) is 14.8 Å². The second-order valence-electron chi connectivity index (χ2n) is 4.57. The van der Waals surface area contributed by atoms with Crippen molar-refractivity contribution in [2.45, 2.75) is 4.90 Å². The first-order valence-electron chi connectivity index (χ1n) is 6.59. The molecule has 2 aromatic rings. The molecule has 0 bridgehead atoms. The molecular formula is C15H13F2NO5S. The van der Waals surface area contributed by atoms with Crippen LogP contribution in [0.3, 0.4) is 0 Å². The second-order valence-corrected chi connectivity index (χ2v) is 6.22. The van der Waals surface area contributed by atoms with Crippen LogP contribution in [0, 0.1) is 11.6 Å². The molecule has 0 aliphatic heterocycles. The maximum Gasteiger partial charge on any atom is 0.271 e. The number of hydrogen-bond donors (Lipinski definition) is 1. The highest BCUT2D eigenvalue weighted by Gasteiger charge is 2.22. The molecule has 2 rings (SSSR count). The zero-order valence-electron chi connectivity index (χ0n) is 12.5. The Morgan fingerprint density at radius 1 is 1.12 bits per heavy atom. The van der Waals surface area contributed by atoms with Gasteiger partial charge >= 0.3 is 0 Å². The summed E-state index contributed by atoms with van der Waals surface area (Å²) in [6, 6.07) is 8.21. The molecule has 2 aromatic carbocycles. The van der Waals surface area contributed by atoms with Crippen molar-refractivity contribution in [3.63, 3.8) is 0 Å². The van der Waals surface area contributed by atoms with Crippen LogP contribution in [-0.4, -0.2) is 28.0 Å². The Hall–Kier alpha value is -2.68. The number of methoxy groups -OCH3 is 1. The van der Waals surface area contributed by atoms with Crippen molar-refractivity contribution in [1.29, 1.82) is 0 Å². The summed E-state index contributed by atoms with van der Waals surface area (Å²) in [5, 5.41) is 0. The number of benzene rings is 2. The van der Waals surface area contributed by atoms with Crippen molar-refractivity contribution < 1.29 is 31.5 Å². The fraction of sp³-hybridized carbons (Fsp3) is 0.133. The van der Waals surface area contributed by atoms with Crippen LogP contribution in [0.5, 0.6) is 11.5 Å². The zero-order chi connectivity index (χ0) is 17.7. The number of hydrogen-bond acceptors (Lipinski definition) is 5. The highest BCUT2D eigenvalue weighted by atomic mass is 32.2. The van der Waals surface area contributed by atoms with Crippen molar-refractivity contribution in [3.05, 3.63) is 54.1 Å². The van der Waals surface area contributed by atoms with Gasteiger partial charge in [-0.3, -0.25) is 4.79 Å². The van der Waals surface area contributed by atoms with Crippen LogP contribution >= 0.6 is 0 Å². The van der Waals surface area contributed by atoms with E-state index in [2.05, 4.69) is 0 Å². The van der Waals surface area contributed by atoms with E-state index in [-0.39, 0.29) is 5.75 Å². The minimum atomic E-state index is -4.55. The van der Waals surface area contributed by atoms with Gasteiger partial charge in [0.2, 0.25) is 0 Å². The minimum absolute atomic E-state index is 0.277. The molecule has 6 nitrogen and oxygen atoms in total. The Kier molecular flexibility index (Phi) is 5.35. The van der Waals surface area contributed by atoms with Gasteiger partial charge in [0.1, 0.15) is 28.0 Å². The van der Waals surface area contributed by atoms with Gasteiger partial charge in [0.05, 0.1) is 7.11 Å². The Morgan fingerprint density at radius 2 is 1.83 bits per heavy atom. The Balaban J connectivity index is 2.04. The van der Waals surface area contributed by atoms with Gasteiger partial charge in [-0.25, -0.2) is 21.9 Å². The van der Waals surface area contributed by atoms with E-state index in [1.165, 1.54) is 19.2 Å². The third-order valence-corrected chi connectivity index (χ3v) is 4.23. The summed E-state index contributed by atoms with van der Waals surface area (Å²) in [5.41, 5.74) is 0. The first-order chi connectivity index (χ1) is 11.3. The largest absolute Gasteiger partial charge is 0.497 e. The van der Waals surface area contributed by atoms with Gasteiger partial charge in [0.15, 0.2) is 6.61 Å². The highest BCUT2D eigenvalue weighted by Crippen LogP contribution is 2.19. The smallest absolute Gasteiger partial charge is 0.271 e. The lowest BCUT2D eigenvalue weighted by Crippen LogP contribution is -2.34. The van der Waals surface area contributed by atoms with Crippen molar-refractivity contribution in [3.8, 4) is 11.5 Å². The zero-order valence-corrected chi connectivity index (χ0v) is 13.3. The van der Waals surface area contributed by atoms with Crippen LogP contribution in [0.25, 0.3) is 0 Å². The summed E-state index contributed by atoms with van der Waals surface area (Å²) in [6.45, 7) is -0.636. The van der Waals surface area contributed by atoms with Gasteiger partial charge < -0.3 is 9.47 Å². The van der Waals surface area contributed by atoms with Gasteiger partial charge in [0, 0.05) is 6.07 Å². The normalized spacial score (nSPS) is 11.0. The maximum absolute atomic E-state index is 13.5. The lowest BCUT2D eigenvalue weighted by atomic mass is 10.3. The summed E-state index contributed by atoms with van der Waals surface area (Å²) in [5.74, 6) is -2.40. The third kappa shape index (κ3) is 4.42. The van der Waals surface area contributed by atoms with Crippen LogP contribution in [0.1, 0.15) is 0 Å². The van der Waals surface area contributed by atoms with E-state index in [9.17, 15) is 22.0 Å². The number of rotatable bonds is 6. The molecule has 0 radical (unpaired) electrons. The first kappa shape index (κ1) is 17.7. The lowest BCUT2D eigenvalue weighted by molar-refractivity contribution is -0.121. The molecule has 0 fully saturated rings. The van der Waals surface area contributed by atoms with Crippen LogP contribution in [0.4, 0.5) is 8.78 Å². The Morgan fingerprint density at radius 3 is 2.54 bits per heavy atom. The molecule has 9 heteroatoms. The molecule has 0 saturated heterocycles. The fourth-order valence-corrected chi connectivity index (χ4v) is 2.82. The standard InChI is InChI=1S/C15H13F2NO5S/c1-22-11-3-2-4-12(8-11)23-9-15(19)18-24(20,21)14-7-10(16)5-6-13(14)17/h2-8H,9H2,1H3,(H,18,19). The van der Waals surface area contributed by atoms with E-state index in [0.29, 0.717) is 17.9 Å². The van der Waals surface area contributed by atoms with Gasteiger partial charge in [-0.1, -0.05) is 6.07 Å². The van der Waals surface area contributed by atoms with Crippen LogP contribution < -0.4 is 14.2 Å². The topological polar surface area (TPSA) is 81.7 Å². The number of ether oxygens (including phenoxy) is 2. The number of carbonyl (C=O) groups is 1. The van der Waals surface area contributed by atoms with Gasteiger partial charge in [-0.2, -0.15) is 0 Å². The number of carbonyl (C=O) groups excluding carboxylic acids is 1. The number of halogens is 2. The van der Waals surface area contributed by atoms with Crippen molar-refractivity contribution >= 4 is 15.9 Å². The summed E-state index contributed by atoms with van der Waals surface area (Å²) in [4.78, 5) is 10.7. The monoisotopic (exact) mass is 357 g/mol. The fourth-order valence-electron chi connectivity index (χ4n) is 1.76. The Labute approximate surface area is 137 Å². The molecule has 0 heterocycles. The molecule has 1 amide bonds. The average Bonchev–Trinajstić information content (AvgIpc) is 2.55. The molecule has 0 aromatic heterocycles. The van der Waals surface area contributed by atoms with E-state index in [4.69, 9.17) is 9.47 Å². The van der Waals surface area contributed by atoms with Crippen molar-refractivity contribution in [2.24, 2.45) is 0 Å². The van der Waals surface area contributed by atoms with E-state index in [1.807, 2.05) is 0 Å². The molecule has 0 aliphatic carbocycles. The van der Waals surface area contributed by atoms with E-state index >= 15 is 0 Å². The van der Waals surface area contributed by atoms with Crippen LogP contribution in [0.2, 0.25) is 0 Å². The SMILES string of the molecule is COc1cccc(OCC(=O)NS(=O)(=O)c2cc(F)ccc2F)c1. The predicted octanol–water partition coefficient (Wildman–Crippen LogP) is 1.86. The molecule has 0 atom stereocenters.